The van der Waals surface area contributed by atoms with Gasteiger partial charge in [0.15, 0.2) is 0 Å². The molecule has 0 fully saturated rings. The monoisotopic (exact) mass is 260 g/mol. The van der Waals surface area contributed by atoms with Gasteiger partial charge in [-0.2, -0.15) is 0 Å². The molecule has 0 radical (unpaired) electrons. The molecule has 0 bridgehead atoms. The normalized spacial score (nSPS) is 11.0. The van der Waals surface area contributed by atoms with Crippen molar-refractivity contribution >= 4 is 0 Å². The topological polar surface area (TPSA) is 64.5 Å². The average molecular weight is 260 g/mol. The van der Waals surface area contributed by atoms with Gasteiger partial charge in [-0.25, -0.2) is 0 Å². The van der Waals surface area contributed by atoms with Crippen LogP contribution in [0.5, 0.6) is 0 Å². The second-order valence-electron chi connectivity index (χ2n) is 4.78. The Labute approximate surface area is 112 Å². The number of aliphatic hydroxyl groups is 2. The molecule has 0 aromatic rings. The summed E-state index contributed by atoms with van der Waals surface area (Å²) in [5, 5.41) is 24.0. The van der Waals surface area contributed by atoms with Gasteiger partial charge in [-0.05, 0) is 64.7 Å². The fourth-order valence-electron chi connectivity index (χ4n) is 1.83. The Balaban J connectivity index is 2.86. The van der Waals surface area contributed by atoms with Gasteiger partial charge in [0.25, 0.3) is 0 Å². The van der Waals surface area contributed by atoms with Crippen LogP contribution in [0.25, 0.3) is 0 Å². The standard InChI is InChI=1S/C14H32N2O2/c17-13-7-5-11-15-9-3-1-2-4-10-16-12-6-8-14-18/h15-18H,1-14H2. The van der Waals surface area contributed by atoms with Gasteiger partial charge in [0.1, 0.15) is 0 Å². The molecule has 0 amide bonds. The summed E-state index contributed by atoms with van der Waals surface area (Å²) in [6.07, 6.45) is 9.08. The van der Waals surface area contributed by atoms with Crippen molar-refractivity contribution in [2.75, 3.05) is 39.4 Å². The van der Waals surface area contributed by atoms with Crippen molar-refractivity contribution in [3.8, 4) is 0 Å². The maximum absolute atomic E-state index is 8.61. The van der Waals surface area contributed by atoms with Crippen LogP contribution >= 0.6 is 0 Å². The predicted molar refractivity (Wildman–Crippen MR) is 76.8 cm³/mol. The van der Waals surface area contributed by atoms with E-state index in [1.807, 2.05) is 0 Å². The van der Waals surface area contributed by atoms with E-state index in [0.717, 1.165) is 51.9 Å². The number of hydrogen-bond acceptors (Lipinski definition) is 4. The third-order valence-corrected chi connectivity index (χ3v) is 2.98. The van der Waals surface area contributed by atoms with Crippen molar-refractivity contribution in [3.63, 3.8) is 0 Å². The molecular weight excluding hydrogens is 228 g/mol. The summed E-state index contributed by atoms with van der Waals surface area (Å²) in [7, 11) is 0. The lowest BCUT2D eigenvalue weighted by Gasteiger charge is -2.05. The summed E-state index contributed by atoms with van der Waals surface area (Å²) in [4.78, 5) is 0. The van der Waals surface area contributed by atoms with Crippen LogP contribution in [0.15, 0.2) is 0 Å². The molecule has 0 unspecified atom stereocenters. The minimum Gasteiger partial charge on any atom is -0.396 e. The van der Waals surface area contributed by atoms with Crippen LogP contribution in [0.1, 0.15) is 51.4 Å². The number of hydrogen-bond donors (Lipinski definition) is 4. The lowest BCUT2D eigenvalue weighted by Crippen LogP contribution is -2.18. The lowest BCUT2D eigenvalue weighted by atomic mass is 10.2. The Morgan fingerprint density at radius 2 is 0.778 bits per heavy atom. The molecule has 0 rings (SSSR count). The first-order chi connectivity index (χ1) is 8.91. The first-order valence-electron chi connectivity index (χ1n) is 7.55. The van der Waals surface area contributed by atoms with Crippen molar-refractivity contribution in [1.29, 1.82) is 0 Å². The van der Waals surface area contributed by atoms with E-state index in [-0.39, 0.29) is 0 Å². The van der Waals surface area contributed by atoms with Crippen molar-refractivity contribution < 1.29 is 10.2 Å². The fraction of sp³-hybridized carbons (Fsp3) is 1.00. The minimum atomic E-state index is 0.312. The highest BCUT2D eigenvalue weighted by molar-refractivity contribution is 4.52. The Kier molecular flexibility index (Phi) is 16.7. The van der Waals surface area contributed by atoms with Gasteiger partial charge in [0.05, 0.1) is 0 Å². The molecule has 0 saturated carbocycles. The van der Waals surface area contributed by atoms with Crippen LogP contribution in [-0.2, 0) is 0 Å². The maximum atomic E-state index is 8.61. The smallest absolute Gasteiger partial charge is 0.0431 e. The van der Waals surface area contributed by atoms with Crippen molar-refractivity contribution in [1.82, 2.24) is 10.6 Å². The van der Waals surface area contributed by atoms with Gasteiger partial charge in [-0.15, -0.1) is 0 Å². The summed E-state index contributed by atoms with van der Waals surface area (Å²) >= 11 is 0. The van der Waals surface area contributed by atoms with E-state index in [0.29, 0.717) is 13.2 Å². The van der Waals surface area contributed by atoms with Crippen LogP contribution in [0.2, 0.25) is 0 Å². The Morgan fingerprint density at radius 1 is 0.444 bits per heavy atom. The molecule has 0 aromatic carbocycles. The molecule has 0 saturated heterocycles. The SMILES string of the molecule is OCCCCNCCCCCCNCCCCO. The predicted octanol–water partition coefficient (Wildman–Crippen LogP) is 1.27. The third kappa shape index (κ3) is 15.8. The molecular formula is C14H32N2O2. The van der Waals surface area contributed by atoms with E-state index in [2.05, 4.69) is 10.6 Å². The molecule has 0 aliphatic carbocycles. The molecule has 4 N–H and O–H groups in total. The van der Waals surface area contributed by atoms with Gasteiger partial charge in [0.2, 0.25) is 0 Å². The van der Waals surface area contributed by atoms with Gasteiger partial charge in [-0.3, -0.25) is 0 Å². The summed E-state index contributed by atoms with van der Waals surface area (Å²) in [6, 6.07) is 0. The third-order valence-electron chi connectivity index (χ3n) is 2.98. The lowest BCUT2D eigenvalue weighted by molar-refractivity contribution is 0.283. The largest absolute Gasteiger partial charge is 0.396 e. The summed E-state index contributed by atoms with van der Waals surface area (Å²) < 4.78 is 0. The van der Waals surface area contributed by atoms with Crippen molar-refractivity contribution in [2.24, 2.45) is 0 Å². The molecule has 0 aliphatic heterocycles. The zero-order valence-corrected chi connectivity index (χ0v) is 11.8. The number of nitrogens with one attached hydrogen (secondary N) is 2. The van der Waals surface area contributed by atoms with Gasteiger partial charge >= 0.3 is 0 Å². The molecule has 0 aromatic heterocycles. The van der Waals surface area contributed by atoms with Crippen LogP contribution in [0, 0.1) is 0 Å². The van der Waals surface area contributed by atoms with Crippen LogP contribution in [0.4, 0.5) is 0 Å². The second-order valence-corrected chi connectivity index (χ2v) is 4.78. The Hall–Kier alpha value is -0.160. The van der Waals surface area contributed by atoms with Gasteiger partial charge < -0.3 is 20.8 Å². The highest BCUT2D eigenvalue weighted by Gasteiger charge is 1.92. The molecule has 4 heteroatoms. The Morgan fingerprint density at radius 3 is 1.11 bits per heavy atom. The van der Waals surface area contributed by atoms with Gasteiger partial charge in [-0.1, -0.05) is 12.8 Å². The van der Waals surface area contributed by atoms with E-state index < -0.39 is 0 Å². The van der Waals surface area contributed by atoms with Crippen LogP contribution < -0.4 is 10.6 Å². The highest BCUT2D eigenvalue weighted by Crippen LogP contribution is 1.98. The molecule has 110 valence electrons. The molecule has 18 heavy (non-hydrogen) atoms. The molecule has 0 aliphatic rings. The minimum absolute atomic E-state index is 0.312. The van der Waals surface area contributed by atoms with E-state index >= 15 is 0 Å². The summed E-state index contributed by atoms with van der Waals surface area (Å²) in [5.74, 6) is 0. The molecule has 0 heterocycles. The number of aliphatic hydroxyl groups excluding tert-OH is 2. The molecule has 0 spiro atoms. The van der Waals surface area contributed by atoms with Crippen molar-refractivity contribution in [3.05, 3.63) is 0 Å². The Bertz CT molecular complexity index is 130. The van der Waals surface area contributed by atoms with Crippen LogP contribution in [0.3, 0.4) is 0 Å². The highest BCUT2D eigenvalue weighted by atomic mass is 16.3. The second kappa shape index (κ2) is 16.8. The quantitative estimate of drug-likeness (QED) is 0.335. The van der Waals surface area contributed by atoms with E-state index in [4.69, 9.17) is 10.2 Å². The molecule has 4 nitrogen and oxygen atoms in total. The van der Waals surface area contributed by atoms with E-state index in [1.165, 1.54) is 25.7 Å². The van der Waals surface area contributed by atoms with Gasteiger partial charge in [0, 0.05) is 13.2 Å². The van der Waals surface area contributed by atoms with E-state index in [9.17, 15) is 0 Å². The summed E-state index contributed by atoms with van der Waals surface area (Å²) in [5.41, 5.74) is 0. The van der Waals surface area contributed by atoms with Crippen LogP contribution in [-0.4, -0.2) is 49.6 Å². The first-order valence-corrected chi connectivity index (χ1v) is 7.55. The number of unbranched alkanes of at least 4 members (excludes halogenated alkanes) is 5. The average Bonchev–Trinajstić information content (AvgIpc) is 2.39. The van der Waals surface area contributed by atoms with E-state index in [1.54, 1.807) is 0 Å². The summed E-state index contributed by atoms with van der Waals surface area (Å²) in [6.45, 7) is 4.91. The first kappa shape index (κ1) is 17.8. The molecule has 0 atom stereocenters. The van der Waals surface area contributed by atoms with Crippen molar-refractivity contribution in [2.45, 2.75) is 51.4 Å². The fourth-order valence-corrected chi connectivity index (χ4v) is 1.83. The maximum Gasteiger partial charge on any atom is 0.0431 e. The number of rotatable bonds is 15. The zero-order chi connectivity index (χ0) is 13.3. The zero-order valence-electron chi connectivity index (χ0n) is 11.8.